The highest BCUT2D eigenvalue weighted by atomic mass is 14.9. The summed E-state index contributed by atoms with van der Waals surface area (Å²) in [6, 6.07) is 24.3. The van der Waals surface area contributed by atoms with Crippen LogP contribution in [0, 0.1) is 6.92 Å². The quantitative estimate of drug-likeness (QED) is 0.311. The van der Waals surface area contributed by atoms with Gasteiger partial charge in [0.1, 0.15) is 0 Å². The summed E-state index contributed by atoms with van der Waals surface area (Å²) >= 11 is 0. The number of aryl methyl sites for hydroxylation is 2. The zero-order chi connectivity index (χ0) is 15.6. The predicted molar refractivity (Wildman–Crippen MR) is 100 cm³/mol. The second kappa shape index (κ2) is 4.36. The number of fused-ring (bicyclic) bond motifs is 8. The molecule has 0 spiro atoms. The summed E-state index contributed by atoms with van der Waals surface area (Å²) in [6.07, 6.45) is 0. The minimum atomic E-state index is 1.30. The Kier molecular flexibility index (Phi) is 2.41. The fourth-order valence-corrected chi connectivity index (χ4v) is 3.99. The van der Waals surface area contributed by atoms with Crippen LogP contribution in [0.5, 0.6) is 0 Å². The molecule has 0 fully saturated rings. The van der Waals surface area contributed by atoms with E-state index in [9.17, 15) is 0 Å². The maximum absolute atomic E-state index is 2.35. The summed E-state index contributed by atoms with van der Waals surface area (Å²) in [7, 11) is 2.19. The lowest BCUT2D eigenvalue weighted by atomic mass is 9.97. The summed E-state index contributed by atoms with van der Waals surface area (Å²) in [4.78, 5) is 0. The van der Waals surface area contributed by atoms with Crippen molar-refractivity contribution in [1.82, 2.24) is 4.57 Å². The molecule has 0 amide bonds. The van der Waals surface area contributed by atoms with Gasteiger partial charge in [-0.15, -0.1) is 0 Å². The van der Waals surface area contributed by atoms with Gasteiger partial charge in [0.2, 0.25) is 0 Å². The number of rotatable bonds is 0. The molecule has 1 aromatic heterocycles. The molecule has 0 aliphatic heterocycles. The third-order valence-corrected chi connectivity index (χ3v) is 5.02. The Morgan fingerprint density at radius 3 is 2.00 bits per heavy atom. The molecule has 110 valence electrons. The topological polar surface area (TPSA) is 4.93 Å². The van der Waals surface area contributed by atoms with Crippen LogP contribution >= 0.6 is 0 Å². The monoisotopic (exact) mass is 295 g/mol. The van der Waals surface area contributed by atoms with Crippen LogP contribution < -0.4 is 0 Å². The van der Waals surface area contributed by atoms with Crippen LogP contribution in [0.1, 0.15) is 5.56 Å². The second-order valence-electron chi connectivity index (χ2n) is 6.39. The third kappa shape index (κ3) is 1.57. The van der Waals surface area contributed by atoms with Crippen LogP contribution in [0.15, 0.2) is 66.7 Å². The Bertz CT molecular complexity index is 1220. The highest BCUT2D eigenvalue weighted by Crippen LogP contribution is 2.40. The number of benzene rings is 4. The molecular weight excluding hydrogens is 278 g/mol. The molecule has 0 unspecified atom stereocenters. The van der Waals surface area contributed by atoms with Crippen molar-refractivity contribution in [3.63, 3.8) is 0 Å². The van der Waals surface area contributed by atoms with Gasteiger partial charge >= 0.3 is 0 Å². The summed E-state index contributed by atoms with van der Waals surface area (Å²) < 4.78 is 2.35. The molecule has 0 aliphatic carbocycles. The standard InChI is InChI=1S/C22H17N/c1-14-11-12-19-20(13-14)23(2)22-18-10-6-4-8-16(18)15-7-3-5-9-17(15)21(19)22/h3-13H,1-2H3. The van der Waals surface area contributed by atoms with Crippen molar-refractivity contribution in [2.45, 2.75) is 6.92 Å². The van der Waals surface area contributed by atoms with E-state index in [2.05, 4.69) is 85.3 Å². The molecule has 0 N–H and O–H groups in total. The van der Waals surface area contributed by atoms with Crippen LogP contribution in [0.2, 0.25) is 0 Å². The van der Waals surface area contributed by atoms with Crippen molar-refractivity contribution in [2.75, 3.05) is 0 Å². The van der Waals surface area contributed by atoms with Gasteiger partial charge in [0.15, 0.2) is 0 Å². The van der Waals surface area contributed by atoms with E-state index in [-0.39, 0.29) is 0 Å². The Hall–Kier alpha value is -2.80. The number of aromatic nitrogens is 1. The van der Waals surface area contributed by atoms with Gasteiger partial charge in [-0.3, -0.25) is 0 Å². The fourth-order valence-electron chi connectivity index (χ4n) is 3.99. The Balaban J connectivity index is 2.25. The molecule has 4 aromatic carbocycles. The number of hydrogen-bond acceptors (Lipinski definition) is 0. The van der Waals surface area contributed by atoms with Crippen molar-refractivity contribution >= 4 is 43.4 Å². The molecule has 5 rings (SSSR count). The molecule has 23 heavy (non-hydrogen) atoms. The Labute approximate surface area is 134 Å². The first-order valence-corrected chi connectivity index (χ1v) is 8.04. The molecule has 0 saturated carbocycles. The van der Waals surface area contributed by atoms with Gasteiger partial charge in [0.25, 0.3) is 0 Å². The normalized spacial score (nSPS) is 11.9. The summed E-state index contributed by atoms with van der Waals surface area (Å²) in [5.74, 6) is 0. The van der Waals surface area contributed by atoms with E-state index < -0.39 is 0 Å². The molecule has 1 heteroatoms. The lowest BCUT2D eigenvalue weighted by molar-refractivity contribution is 1.02. The van der Waals surface area contributed by atoms with Crippen LogP contribution in [-0.2, 0) is 7.05 Å². The minimum absolute atomic E-state index is 1.30. The first kappa shape index (κ1) is 12.7. The molecule has 1 heterocycles. The van der Waals surface area contributed by atoms with E-state index in [1.54, 1.807) is 0 Å². The second-order valence-corrected chi connectivity index (χ2v) is 6.39. The summed E-state index contributed by atoms with van der Waals surface area (Å²) in [5, 5.41) is 8.06. The largest absolute Gasteiger partial charge is 0.343 e. The van der Waals surface area contributed by atoms with E-state index in [0.29, 0.717) is 0 Å². The number of hydrogen-bond donors (Lipinski definition) is 0. The number of nitrogens with zero attached hydrogens (tertiary/aromatic N) is 1. The van der Waals surface area contributed by atoms with Crippen LogP contribution in [0.25, 0.3) is 43.4 Å². The first-order valence-electron chi connectivity index (χ1n) is 8.04. The van der Waals surface area contributed by atoms with E-state index in [1.807, 2.05) is 0 Å². The maximum atomic E-state index is 2.35. The Morgan fingerprint density at radius 1 is 0.652 bits per heavy atom. The van der Waals surface area contributed by atoms with Crippen molar-refractivity contribution in [2.24, 2.45) is 7.05 Å². The maximum Gasteiger partial charge on any atom is 0.0574 e. The SMILES string of the molecule is Cc1ccc2c3c4ccccc4c4ccccc4c3n(C)c2c1. The summed E-state index contributed by atoms with van der Waals surface area (Å²) in [5.41, 5.74) is 3.94. The van der Waals surface area contributed by atoms with E-state index in [0.717, 1.165) is 0 Å². The van der Waals surface area contributed by atoms with Gasteiger partial charge in [0.05, 0.1) is 5.52 Å². The van der Waals surface area contributed by atoms with Crippen LogP contribution in [0.4, 0.5) is 0 Å². The summed E-state index contributed by atoms with van der Waals surface area (Å²) in [6.45, 7) is 2.16. The molecule has 0 saturated heterocycles. The van der Waals surface area contributed by atoms with Crippen LogP contribution in [-0.4, -0.2) is 4.57 Å². The molecular formula is C22H17N. The molecule has 1 nitrogen and oxygen atoms in total. The smallest absolute Gasteiger partial charge is 0.0574 e. The lowest BCUT2D eigenvalue weighted by Gasteiger charge is -2.08. The average Bonchev–Trinajstić information content (AvgIpc) is 2.88. The van der Waals surface area contributed by atoms with Crippen molar-refractivity contribution in [1.29, 1.82) is 0 Å². The molecule has 5 aromatic rings. The molecule has 0 radical (unpaired) electrons. The van der Waals surface area contributed by atoms with Crippen molar-refractivity contribution in [3.8, 4) is 0 Å². The van der Waals surface area contributed by atoms with Gasteiger partial charge in [-0.05, 0) is 34.7 Å². The Morgan fingerprint density at radius 2 is 1.26 bits per heavy atom. The van der Waals surface area contributed by atoms with Crippen molar-refractivity contribution < 1.29 is 0 Å². The average molecular weight is 295 g/mol. The van der Waals surface area contributed by atoms with E-state index in [1.165, 1.54) is 48.9 Å². The molecule has 0 atom stereocenters. The van der Waals surface area contributed by atoms with Gasteiger partial charge in [-0.1, -0.05) is 60.7 Å². The fraction of sp³-hybridized carbons (Fsp3) is 0.0909. The molecule has 0 aliphatic rings. The minimum Gasteiger partial charge on any atom is -0.343 e. The third-order valence-electron chi connectivity index (χ3n) is 5.02. The van der Waals surface area contributed by atoms with Crippen molar-refractivity contribution in [3.05, 3.63) is 72.3 Å². The molecule has 0 bridgehead atoms. The first-order chi connectivity index (χ1) is 11.3. The highest BCUT2D eigenvalue weighted by molar-refractivity contribution is 6.31. The zero-order valence-corrected chi connectivity index (χ0v) is 13.3. The van der Waals surface area contributed by atoms with E-state index in [4.69, 9.17) is 0 Å². The van der Waals surface area contributed by atoms with Gasteiger partial charge in [-0.25, -0.2) is 0 Å². The lowest BCUT2D eigenvalue weighted by Crippen LogP contribution is -1.89. The highest BCUT2D eigenvalue weighted by Gasteiger charge is 2.15. The van der Waals surface area contributed by atoms with Gasteiger partial charge in [-0.2, -0.15) is 0 Å². The van der Waals surface area contributed by atoms with Crippen LogP contribution in [0.3, 0.4) is 0 Å². The predicted octanol–water partition coefficient (Wildman–Crippen LogP) is 5.95. The van der Waals surface area contributed by atoms with E-state index >= 15 is 0 Å². The van der Waals surface area contributed by atoms with Gasteiger partial charge in [0, 0.05) is 28.7 Å². The zero-order valence-electron chi connectivity index (χ0n) is 13.3. The van der Waals surface area contributed by atoms with Gasteiger partial charge < -0.3 is 4.57 Å².